The Labute approximate surface area is 85.2 Å². The maximum atomic E-state index is 10.9. The highest BCUT2D eigenvalue weighted by molar-refractivity contribution is 5.77. The van der Waals surface area contributed by atoms with E-state index in [4.69, 9.17) is 9.47 Å². The molecule has 0 amide bonds. The molecule has 0 aromatic carbocycles. The Morgan fingerprint density at radius 2 is 2.14 bits per heavy atom. The van der Waals surface area contributed by atoms with Crippen molar-refractivity contribution < 1.29 is 19.4 Å². The Hall–Kier alpha value is -0.450. The number of aliphatic hydroxyl groups excluding tert-OH is 1. The highest BCUT2D eigenvalue weighted by Crippen LogP contribution is 2.00. The fraction of sp³-hybridized carbons (Fsp3) is 0.900. The minimum atomic E-state index is -0.539. The SMILES string of the molecule is CCC(=O)CCC(O)COCCOC. The van der Waals surface area contributed by atoms with Crippen LogP contribution < -0.4 is 0 Å². The van der Waals surface area contributed by atoms with Crippen LogP contribution in [0, 0.1) is 0 Å². The summed E-state index contributed by atoms with van der Waals surface area (Å²) in [5, 5.41) is 9.37. The number of hydrogen-bond acceptors (Lipinski definition) is 4. The molecule has 0 aromatic rings. The molecule has 4 heteroatoms. The molecule has 84 valence electrons. The van der Waals surface area contributed by atoms with E-state index in [9.17, 15) is 9.90 Å². The normalized spacial score (nSPS) is 12.8. The minimum Gasteiger partial charge on any atom is -0.391 e. The van der Waals surface area contributed by atoms with E-state index >= 15 is 0 Å². The number of Topliss-reactive ketones (excluding diaryl/α,β-unsaturated/α-hetero) is 1. The summed E-state index contributed by atoms with van der Waals surface area (Å²) in [6.07, 6.45) is 0.921. The Balaban J connectivity index is 3.27. The first-order valence-corrected chi connectivity index (χ1v) is 4.97. The van der Waals surface area contributed by atoms with Crippen molar-refractivity contribution in [3.8, 4) is 0 Å². The van der Waals surface area contributed by atoms with Crippen LogP contribution in [0.25, 0.3) is 0 Å². The van der Waals surface area contributed by atoms with Crippen LogP contribution in [0.5, 0.6) is 0 Å². The number of ketones is 1. The van der Waals surface area contributed by atoms with Crippen LogP contribution in [0.3, 0.4) is 0 Å². The molecular formula is C10H20O4. The van der Waals surface area contributed by atoms with E-state index in [2.05, 4.69) is 0 Å². The lowest BCUT2D eigenvalue weighted by Crippen LogP contribution is -2.18. The number of hydrogen-bond donors (Lipinski definition) is 1. The molecule has 0 fully saturated rings. The lowest BCUT2D eigenvalue weighted by Gasteiger charge is -2.10. The lowest BCUT2D eigenvalue weighted by atomic mass is 10.1. The van der Waals surface area contributed by atoms with Gasteiger partial charge in [-0.05, 0) is 6.42 Å². The Morgan fingerprint density at radius 3 is 2.71 bits per heavy atom. The van der Waals surface area contributed by atoms with Crippen molar-refractivity contribution in [2.75, 3.05) is 26.9 Å². The van der Waals surface area contributed by atoms with Gasteiger partial charge in [-0.3, -0.25) is 4.79 Å². The van der Waals surface area contributed by atoms with E-state index < -0.39 is 6.10 Å². The molecule has 0 bridgehead atoms. The fourth-order valence-corrected chi connectivity index (χ4v) is 0.949. The summed E-state index contributed by atoms with van der Waals surface area (Å²) in [5.74, 6) is 0.181. The summed E-state index contributed by atoms with van der Waals surface area (Å²) in [4.78, 5) is 10.9. The van der Waals surface area contributed by atoms with Crippen LogP contribution in [0.4, 0.5) is 0 Å². The van der Waals surface area contributed by atoms with Crippen molar-refractivity contribution in [2.24, 2.45) is 0 Å². The van der Waals surface area contributed by atoms with Crippen LogP contribution in [0.15, 0.2) is 0 Å². The maximum Gasteiger partial charge on any atom is 0.132 e. The van der Waals surface area contributed by atoms with E-state index in [-0.39, 0.29) is 12.4 Å². The second-order valence-corrected chi connectivity index (χ2v) is 3.15. The third-order valence-corrected chi connectivity index (χ3v) is 1.89. The molecule has 1 unspecified atom stereocenters. The van der Waals surface area contributed by atoms with E-state index in [1.165, 1.54) is 0 Å². The topological polar surface area (TPSA) is 55.8 Å². The molecule has 1 atom stereocenters. The van der Waals surface area contributed by atoms with Gasteiger partial charge in [0.15, 0.2) is 0 Å². The second kappa shape index (κ2) is 9.12. The lowest BCUT2D eigenvalue weighted by molar-refractivity contribution is -0.119. The van der Waals surface area contributed by atoms with Gasteiger partial charge >= 0.3 is 0 Å². The van der Waals surface area contributed by atoms with Gasteiger partial charge in [0.1, 0.15) is 5.78 Å². The van der Waals surface area contributed by atoms with Gasteiger partial charge in [0.25, 0.3) is 0 Å². The Bertz CT molecular complexity index is 147. The van der Waals surface area contributed by atoms with Gasteiger partial charge in [0, 0.05) is 20.0 Å². The summed E-state index contributed by atoms with van der Waals surface area (Å²) < 4.78 is 9.89. The van der Waals surface area contributed by atoms with E-state index in [1.54, 1.807) is 7.11 Å². The molecule has 0 heterocycles. The summed E-state index contributed by atoms with van der Waals surface area (Å²) in [6, 6.07) is 0. The van der Waals surface area contributed by atoms with Crippen LogP contribution in [0.2, 0.25) is 0 Å². The van der Waals surface area contributed by atoms with Crippen molar-refractivity contribution in [3.05, 3.63) is 0 Å². The minimum absolute atomic E-state index is 0.181. The standard InChI is InChI=1S/C10H20O4/c1-3-9(11)4-5-10(12)8-14-7-6-13-2/h10,12H,3-8H2,1-2H3. The number of ether oxygens (including phenoxy) is 2. The fourth-order valence-electron chi connectivity index (χ4n) is 0.949. The molecule has 0 aromatic heterocycles. The predicted molar refractivity (Wildman–Crippen MR) is 53.2 cm³/mol. The molecule has 1 N–H and O–H groups in total. The zero-order valence-corrected chi connectivity index (χ0v) is 8.99. The van der Waals surface area contributed by atoms with Crippen molar-refractivity contribution in [3.63, 3.8) is 0 Å². The van der Waals surface area contributed by atoms with Crippen molar-refractivity contribution in [1.29, 1.82) is 0 Å². The number of aliphatic hydroxyl groups is 1. The van der Waals surface area contributed by atoms with Gasteiger partial charge < -0.3 is 14.6 Å². The zero-order chi connectivity index (χ0) is 10.8. The second-order valence-electron chi connectivity index (χ2n) is 3.15. The molecule has 0 saturated carbocycles. The van der Waals surface area contributed by atoms with Gasteiger partial charge in [0.05, 0.1) is 25.9 Å². The van der Waals surface area contributed by atoms with E-state index in [1.807, 2.05) is 6.92 Å². The van der Waals surface area contributed by atoms with Crippen molar-refractivity contribution >= 4 is 5.78 Å². The monoisotopic (exact) mass is 204 g/mol. The first kappa shape index (κ1) is 13.5. The van der Waals surface area contributed by atoms with Crippen LogP contribution in [0.1, 0.15) is 26.2 Å². The van der Waals surface area contributed by atoms with Crippen molar-refractivity contribution in [2.45, 2.75) is 32.3 Å². The summed E-state index contributed by atoms with van der Waals surface area (Å²) in [5.41, 5.74) is 0. The predicted octanol–water partition coefficient (Wildman–Crippen LogP) is 0.770. The molecule has 0 aliphatic rings. The van der Waals surface area contributed by atoms with Gasteiger partial charge in [-0.15, -0.1) is 0 Å². The van der Waals surface area contributed by atoms with Crippen LogP contribution in [-0.2, 0) is 14.3 Å². The van der Waals surface area contributed by atoms with Crippen LogP contribution >= 0.6 is 0 Å². The molecule has 0 rings (SSSR count). The van der Waals surface area contributed by atoms with Gasteiger partial charge in [-0.25, -0.2) is 0 Å². The van der Waals surface area contributed by atoms with E-state index in [0.29, 0.717) is 32.5 Å². The van der Waals surface area contributed by atoms with Crippen molar-refractivity contribution in [1.82, 2.24) is 0 Å². The quantitative estimate of drug-likeness (QED) is 0.564. The molecule has 14 heavy (non-hydrogen) atoms. The van der Waals surface area contributed by atoms with Gasteiger partial charge in [-0.2, -0.15) is 0 Å². The third kappa shape index (κ3) is 8.16. The maximum absolute atomic E-state index is 10.9. The molecular weight excluding hydrogens is 184 g/mol. The van der Waals surface area contributed by atoms with Gasteiger partial charge in [0.2, 0.25) is 0 Å². The first-order valence-electron chi connectivity index (χ1n) is 4.97. The van der Waals surface area contributed by atoms with Crippen LogP contribution in [-0.4, -0.2) is 43.9 Å². The molecule has 4 nitrogen and oxygen atoms in total. The largest absolute Gasteiger partial charge is 0.391 e. The third-order valence-electron chi connectivity index (χ3n) is 1.89. The summed E-state index contributed by atoms with van der Waals surface area (Å²) in [7, 11) is 1.60. The molecule has 0 aliphatic heterocycles. The number of rotatable bonds is 9. The average Bonchev–Trinajstić information content (AvgIpc) is 2.21. The molecule has 0 saturated heterocycles. The zero-order valence-electron chi connectivity index (χ0n) is 8.99. The number of carbonyl (C=O) groups is 1. The smallest absolute Gasteiger partial charge is 0.132 e. The molecule has 0 aliphatic carbocycles. The Kier molecular flexibility index (Phi) is 8.83. The number of methoxy groups -OCH3 is 1. The number of carbonyl (C=O) groups excluding carboxylic acids is 1. The Morgan fingerprint density at radius 1 is 1.43 bits per heavy atom. The molecule has 0 radical (unpaired) electrons. The highest BCUT2D eigenvalue weighted by Gasteiger charge is 2.06. The highest BCUT2D eigenvalue weighted by atomic mass is 16.5. The molecule has 0 spiro atoms. The summed E-state index contributed by atoms with van der Waals surface area (Å²) >= 11 is 0. The van der Waals surface area contributed by atoms with Gasteiger partial charge in [-0.1, -0.05) is 6.92 Å². The van der Waals surface area contributed by atoms with E-state index in [0.717, 1.165) is 0 Å². The average molecular weight is 204 g/mol. The summed E-state index contributed by atoms with van der Waals surface area (Å²) in [6.45, 7) is 3.11. The first-order chi connectivity index (χ1) is 6.70.